The van der Waals surface area contributed by atoms with Gasteiger partial charge in [-0.15, -0.1) is 0 Å². The molecule has 0 saturated carbocycles. The van der Waals surface area contributed by atoms with Gasteiger partial charge in [0.1, 0.15) is 13.2 Å². The maximum atomic E-state index is 12.8. The Hall–Kier alpha value is -3.41. The number of hydrogen-bond donors (Lipinski definition) is 0. The van der Waals surface area contributed by atoms with Crippen LogP contribution in [0, 0.1) is 0 Å². The van der Waals surface area contributed by atoms with E-state index in [-0.39, 0.29) is 31.6 Å². The molecule has 0 bridgehead atoms. The topological polar surface area (TPSA) is 78.9 Å². The van der Waals surface area contributed by atoms with E-state index >= 15 is 0 Å². The molecular formula is C76H134O6. The first-order valence-electron chi connectivity index (χ1n) is 35.6. The van der Waals surface area contributed by atoms with Crippen LogP contribution in [0.4, 0.5) is 0 Å². The quantitative estimate of drug-likeness (QED) is 0.0261. The largest absolute Gasteiger partial charge is 0.462 e. The van der Waals surface area contributed by atoms with Gasteiger partial charge in [-0.3, -0.25) is 14.4 Å². The molecule has 0 spiro atoms. The Kier molecular flexibility index (Phi) is 67.2. The molecule has 0 N–H and O–H groups in total. The molecule has 0 radical (unpaired) electrons. The fourth-order valence-electron chi connectivity index (χ4n) is 10.4. The normalized spacial score (nSPS) is 12.6. The van der Waals surface area contributed by atoms with Crippen molar-refractivity contribution in [1.29, 1.82) is 0 Å². The second-order valence-electron chi connectivity index (χ2n) is 23.8. The van der Waals surface area contributed by atoms with Crippen molar-refractivity contribution >= 4 is 17.9 Å². The zero-order valence-corrected chi connectivity index (χ0v) is 54.5. The maximum Gasteiger partial charge on any atom is 0.310 e. The predicted octanol–water partition coefficient (Wildman–Crippen LogP) is 24.6. The second kappa shape index (κ2) is 70.1. The first kappa shape index (κ1) is 78.6. The summed E-state index contributed by atoms with van der Waals surface area (Å²) in [7, 11) is 0. The number of carbonyl (C=O) groups excluding carboxylic acids is 3. The van der Waals surface area contributed by atoms with Gasteiger partial charge >= 0.3 is 17.9 Å². The number of ether oxygens (including phenoxy) is 3. The minimum atomic E-state index is -0.837. The molecule has 0 aliphatic heterocycles. The monoisotopic (exact) mass is 1140 g/mol. The van der Waals surface area contributed by atoms with Gasteiger partial charge in [-0.1, -0.05) is 356 Å². The lowest BCUT2D eigenvalue weighted by Crippen LogP contribution is -2.30. The van der Waals surface area contributed by atoms with E-state index < -0.39 is 12.1 Å². The van der Waals surface area contributed by atoms with Crippen molar-refractivity contribution in [3.05, 3.63) is 85.1 Å². The summed E-state index contributed by atoms with van der Waals surface area (Å²) >= 11 is 0. The molecule has 0 aliphatic rings. The van der Waals surface area contributed by atoms with Crippen LogP contribution in [-0.4, -0.2) is 37.2 Å². The molecule has 6 nitrogen and oxygen atoms in total. The standard InChI is InChI=1S/C76H134O6/c1-4-7-10-13-16-19-22-25-28-29-30-31-32-33-34-35-36-37-38-39-40-41-42-43-44-45-46-47-49-51-54-57-60-63-66-69-75(78)81-72-73(71-80-74(77)68-65-62-59-56-53-50-27-24-21-18-15-12-9-6-3)82-76(79)70-67-64-61-58-55-52-48-26-23-20-17-14-11-8-5-2/h8,11,15,17-18,20,24,26-27,48,55,58,64,67,73H,4-7,9-10,12-14,16,19,21-23,25,28-47,49-54,56-57,59-63,65-66,68-72H2,1-3H3/b11-8-,18-15-,20-17-,27-24-,48-26-,58-55-,67-64-. The Balaban J connectivity index is 4.13. The van der Waals surface area contributed by atoms with Crippen LogP contribution in [0.1, 0.15) is 361 Å². The number of hydrogen-bond acceptors (Lipinski definition) is 6. The molecule has 1 unspecified atom stereocenters. The average molecular weight is 1140 g/mol. The number of allylic oxidation sites excluding steroid dienone is 13. The van der Waals surface area contributed by atoms with Gasteiger partial charge in [0.2, 0.25) is 0 Å². The third-order valence-electron chi connectivity index (χ3n) is 15.7. The minimum absolute atomic E-state index is 0.0948. The van der Waals surface area contributed by atoms with E-state index in [1.807, 2.05) is 6.08 Å². The van der Waals surface area contributed by atoms with Gasteiger partial charge in [0.05, 0.1) is 6.42 Å². The third kappa shape index (κ3) is 67.4. The van der Waals surface area contributed by atoms with Crippen molar-refractivity contribution in [1.82, 2.24) is 0 Å². The van der Waals surface area contributed by atoms with E-state index in [1.165, 1.54) is 225 Å². The number of unbranched alkanes of at least 4 members (excludes halogenated alkanes) is 41. The van der Waals surface area contributed by atoms with Gasteiger partial charge in [0.25, 0.3) is 0 Å². The van der Waals surface area contributed by atoms with E-state index in [4.69, 9.17) is 14.2 Å². The third-order valence-corrected chi connectivity index (χ3v) is 15.7. The van der Waals surface area contributed by atoms with Crippen LogP contribution in [0.3, 0.4) is 0 Å². The van der Waals surface area contributed by atoms with Crippen molar-refractivity contribution in [3.8, 4) is 0 Å². The lowest BCUT2D eigenvalue weighted by Gasteiger charge is -2.18. The zero-order chi connectivity index (χ0) is 59.2. The minimum Gasteiger partial charge on any atom is -0.462 e. The molecule has 0 aliphatic carbocycles. The van der Waals surface area contributed by atoms with Crippen LogP contribution < -0.4 is 0 Å². The molecule has 0 aromatic rings. The van der Waals surface area contributed by atoms with Crippen LogP contribution in [0.25, 0.3) is 0 Å². The van der Waals surface area contributed by atoms with Crippen molar-refractivity contribution in [2.75, 3.05) is 13.2 Å². The summed E-state index contributed by atoms with van der Waals surface area (Å²) in [4.78, 5) is 38.2. The summed E-state index contributed by atoms with van der Waals surface area (Å²) < 4.78 is 16.8. The van der Waals surface area contributed by atoms with Crippen LogP contribution in [-0.2, 0) is 28.6 Å². The highest BCUT2D eigenvalue weighted by atomic mass is 16.6. The summed E-state index contributed by atoms with van der Waals surface area (Å²) in [5.74, 6) is -1.05. The van der Waals surface area contributed by atoms with Crippen molar-refractivity contribution < 1.29 is 28.6 Å². The molecule has 0 aromatic heterocycles. The Morgan fingerprint density at radius 3 is 0.841 bits per heavy atom. The first-order valence-corrected chi connectivity index (χ1v) is 35.6. The maximum absolute atomic E-state index is 12.8. The predicted molar refractivity (Wildman–Crippen MR) is 358 cm³/mol. The zero-order valence-electron chi connectivity index (χ0n) is 54.5. The fourth-order valence-corrected chi connectivity index (χ4v) is 10.4. The average Bonchev–Trinajstić information content (AvgIpc) is 3.47. The molecule has 0 amide bonds. The SMILES string of the molecule is CC/C=C\C/C=C\C/C=C\C/C=C\C/C=C\CC(=O)OC(COC(=O)CCCCCCC/C=C\C/C=C\CCCC)COC(=O)CCCCCCCCCCCCCCCCCCCCCCCCCCCCCCCCCCCCC. The van der Waals surface area contributed by atoms with E-state index in [9.17, 15) is 14.4 Å². The van der Waals surface area contributed by atoms with E-state index in [0.717, 1.165) is 96.3 Å². The van der Waals surface area contributed by atoms with Crippen molar-refractivity contribution in [3.63, 3.8) is 0 Å². The summed E-state index contributed by atoms with van der Waals surface area (Å²) in [6.07, 6.45) is 93.9. The lowest BCUT2D eigenvalue weighted by molar-refractivity contribution is -0.166. The summed E-state index contributed by atoms with van der Waals surface area (Å²) in [5, 5.41) is 0. The molecule has 82 heavy (non-hydrogen) atoms. The highest BCUT2D eigenvalue weighted by molar-refractivity contribution is 5.72. The van der Waals surface area contributed by atoms with E-state index in [1.54, 1.807) is 6.08 Å². The van der Waals surface area contributed by atoms with Crippen LogP contribution in [0.15, 0.2) is 85.1 Å². The molecule has 0 fully saturated rings. The molecule has 6 heteroatoms. The second-order valence-corrected chi connectivity index (χ2v) is 23.8. The van der Waals surface area contributed by atoms with Gasteiger partial charge in [-0.05, 0) is 70.6 Å². The Morgan fingerprint density at radius 1 is 0.268 bits per heavy atom. The van der Waals surface area contributed by atoms with Gasteiger partial charge < -0.3 is 14.2 Å². The molecule has 0 rings (SSSR count). The van der Waals surface area contributed by atoms with Crippen LogP contribution in [0.5, 0.6) is 0 Å². The van der Waals surface area contributed by atoms with Gasteiger partial charge in [0, 0.05) is 12.8 Å². The molecule has 0 heterocycles. The fraction of sp³-hybridized carbons (Fsp3) is 0.776. The molecule has 0 saturated heterocycles. The number of rotatable bonds is 65. The van der Waals surface area contributed by atoms with Crippen LogP contribution in [0.2, 0.25) is 0 Å². The molecule has 1 atom stereocenters. The van der Waals surface area contributed by atoms with Gasteiger partial charge in [0.15, 0.2) is 6.10 Å². The Bertz CT molecular complexity index is 1550. The highest BCUT2D eigenvalue weighted by Gasteiger charge is 2.19. The smallest absolute Gasteiger partial charge is 0.310 e. The molecule has 474 valence electrons. The van der Waals surface area contributed by atoms with Crippen molar-refractivity contribution in [2.45, 2.75) is 367 Å². The highest BCUT2D eigenvalue weighted by Crippen LogP contribution is 2.18. The van der Waals surface area contributed by atoms with Crippen molar-refractivity contribution in [2.24, 2.45) is 0 Å². The first-order chi connectivity index (χ1) is 40.5. The number of esters is 3. The van der Waals surface area contributed by atoms with E-state index in [0.29, 0.717) is 12.8 Å². The summed E-state index contributed by atoms with van der Waals surface area (Å²) in [6.45, 7) is 6.43. The summed E-state index contributed by atoms with van der Waals surface area (Å²) in [5.41, 5.74) is 0. The molecule has 0 aromatic carbocycles. The van der Waals surface area contributed by atoms with E-state index in [2.05, 4.69) is 93.7 Å². The Labute approximate surface area is 509 Å². The molecular weight excluding hydrogens is 1010 g/mol. The lowest BCUT2D eigenvalue weighted by atomic mass is 10.0. The Morgan fingerprint density at radius 2 is 0.524 bits per heavy atom. The van der Waals surface area contributed by atoms with Gasteiger partial charge in [-0.2, -0.15) is 0 Å². The van der Waals surface area contributed by atoms with Gasteiger partial charge in [-0.25, -0.2) is 0 Å². The summed E-state index contributed by atoms with van der Waals surface area (Å²) in [6, 6.07) is 0. The van der Waals surface area contributed by atoms with Crippen LogP contribution >= 0.6 is 0 Å². The number of carbonyl (C=O) groups is 3.